The Morgan fingerprint density at radius 2 is 1.94 bits per heavy atom. The van der Waals surface area contributed by atoms with Crippen LogP contribution in [0.25, 0.3) is 0 Å². The van der Waals surface area contributed by atoms with E-state index in [1.807, 2.05) is 30.3 Å². The van der Waals surface area contributed by atoms with E-state index in [0.29, 0.717) is 0 Å². The Morgan fingerprint density at radius 3 is 2.61 bits per heavy atom. The van der Waals surface area contributed by atoms with Crippen molar-refractivity contribution in [1.29, 1.82) is 0 Å². The monoisotopic (exact) mass is 240 g/mol. The minimum Gasteiger partial charge on any atom is -0.506 e. The van der Waals surface area contributed by atoms with Gasteiger partial charge in [-0.3, -0.25) is 4.98 Å². The number of phenols is 1. The number of benzene rings is 1. The van der Waals surface area contributed by atoms with Crippen molar-refractivity contribution in [2.45, 2.75) is 12.5 Å². The maximum absolute atomic E-state index is 9.77. The maximum atomic E-state index is 9.77. The molecule has 0 aliphatic carbocycles. The largest absolute Gasteiger partial charge is 0.506 e. The van der Waals surface area contributed by atoms with Crippen LogP contribution in [-0.2, 0) is 0 Å². The quantitative estimate of drug-likeness (QED) is 0.621. The molecule has 1 heterocycles. The SMILES string of the molecule is C=CCC(Nc1ccccc1O)c1ccncc1. The molecule has 0 amide bonds. The van der Waals surface area contributed by atoms with E-state index in [1.54, 1.807) is 24.5 Å². The molecule has 0 radical (unpaired) electrons. The Labute approximate surface area is 107 Å². The number of nitrogens with one attached hydrogen (secondary N) is 1. The second kappa shape index (κ2) is 5.87. The zero-order chi connectivity index (χ0) is 12.8. The van der Waals surface area contributed by atoms with Crippen LogP contribution < -0.4 is 5.32 Å². The molecule has 0 saturated heterocycles. The first-order chi connectivity index (χ1) is 8.81. The molecule has 1 aromatic heterocycles. The van der Waals surface area contributed by atoms with Gasteiger partial charge >= 0.3 is 0 Å². The van der Waals surface area contributed by atoms with Crippen molar-refractivity contribution in [3.8, 4) is 5.75 Å². The summed E-state index contributed by atoms with van der Waals surface area (Å²) in [6, 6.07) is 11.2. The van der Waals surface area contributed by atoms with E-state index < -0.39 is 0 Å². The normalized spacial score (nSPS) is 11.8. The van der Waals surface area contributed by atoms with Gasteiger partial charge in [-0.15, -0.1) is 6.58 Å². The lowest BCUT2D eigenvalue weighted by Crippen LogP contribution is -2.10. The number of aromatic hydroxyl groups is 1. The summed E-state index contributed by atoms with van der Waals surface area (Å²) in [5.74, 6) is 0.251. The summed E-state index contributed by atoms with van der Waals surface area (Å²) in [4.78, 5) is 4.01. The Kier molecular flexibility index (Phi) is 3.97. The summed E-state index contributed by atoms with van der Waals surface area (Å²) in [6.07, 6.45) is 6.16. The number of aromatic nitrogens is 1. The number of para-hydroxylation sites is 2. The minimum absolute atomic E-state index is 0.0822. The van der Waals surface area contributed by atoms with Crippen LogP contribution in [0, 0.1) is 0 Å². The zero-order valence-corrected chi connectivity index (χ0v) is 10.1. The van der Waals surface area contributed by atoms with Gasteiger partial charge in [0.2, 0.25) is 0 Å². The van der Waals surface area contributed by atoms with Crippen LogP contribution in [0.1, 0.15) is 18.0 Å². The van der Waals surface area contributed by atoms with Crippen LogP contribution in [0.5, 0.6) is 5.75 Å². The predicted octanol–water partition coefficient (Wildman–Crippen LogP) is 3.52. The number of rotatable bonds is 5. The molecule has 18 heavy (non-hydrogen) atoms. The molecule has 0 spiro atoms. The van der Waals surface area contributed by atoms with Gasteiger partial charge < -0.3 is 10.4 Å². The summed E-state index contributed by atoms with van der Waals surface area (Å²) < 4.78 is 0. The van der Waals surface area contributed by atoms with E-state index in [0.717, 1.165) is 17.7 Å². The first kappa shape index (κ1) is 12.2. The number of hydrogen-bond acceptors (Lipinski definition) is 3. The lowest BCUT2D eigenvalue weighted by molar-refractivity contribution is 0.476. The third kappa shape index (κ3) is 2.88. The molecular weight excluding hydrogens is 224 g/mol. The molecule has 0 aliphatic rings. The van der Waals surface area contributed by atoms with Gasteiger partial charge in [0.15, 0.2) is 0 Å². The van der Waals surface area contributed by atoms with Crippen molar-refractivity contribution in [3.05, 3.63) is 67.0 Å². The Hall–Kier alpha value is -2.29. The number of pyridine rings is 1. The summed E-state index contributed by atoms with van der Waals surface area (Å²) in [6.45, 7) is 3.77. The molecule has 0 saturated carbocycles. The Morgan fingerprint density at radius 1 is 1.22 bits per heavy atom. The first-order valence-corrected chi connectivity index (χ1v) is 5.86. The number of phenolic OH excluding ortho intramolecular Hbond substituents is 1. The first-order valence-electron chi connectivity index (χ1n) is 5.86. The van der Waals surface area contributed by atoms with Crippen LogP contribution in [0.3, 0.4) is 0 Å². The van der Waals surface area contributed by atoms with E-state index in [1.165, 1.54) is 0 Å². The van der Waals surface area contributed by atoms with Gasteiger partial charge in [-0.05, 0) is 36.2 Å². The van der Waals surface area contributed by atoms with Crippen LogP contribution in [0.2, 0.25) is 0 Å². The lowest BCUT2D eigenvalue weighted by atomic mass is 10.0. The Bertz CT molecular complexity index is 511. The average molecular weight is 240 g/mol. The van der Waals surface area contributed by atoms with Crippen LogP contribution in [-0.4, -0.2) is 10.1 Å². The fraction of sp³-hybridized carbons (Fsp3) is 0.133. The highest BCUT2D eigenvalue weighted by molar-refractivity contribution is 5.56. The average Bonchev–Trinajstić information content (AvgIpc) is 2.42. The molecule has 2 rings (SSSR count). The van der Waals surface area contributed by atoms with Crippen LogP contribution in [0.4, 0.5) is 5.69 Å². The predicted molar refractivity (Wildman–Crippen MR) is 73.5 cm³/mol. The number of anilines is 1. The van der Waals surface area contributed by atoms with E-state index in [4.69, 9.17) is 0 Å². The second-order valence-corrected chi connectivity index (χ2v) is 4.02. The second-order valence-electron chi connectivity index (χ2n) is 4.02. The fourth-order valence-corrected chi connectivity index (χ4v) is 1.82. The van der Waals surface area contributed by atoms with Gasteiger partial charge in [0.25, 0.3) is 0 Å². The van der Waals surface area contributed by atoms with Crippen LogP contribution >= 0.6 is 0 Å². The third-order valence-electron chi connectivity index (χ3n) is 2.74. The fourth-order valence-electron chi connectivity index (χ4n) is 1.82. The van der Waals surface area contributed by atoms with Gasteiger partial charge in [0, 0.05) is 12.4 Å². The van der Waals surface area contributed by atoms with E-state index >= 15 is 0 Å². The molecule has 3 nitrogen and oxygen atoms in total. The van der Waals surface area contributed by atoms with Crippen molar-refractivity contribution in [2.24, 2.45) is 0 Å². The molecule has 0 fully saturated rings. The van der Waals surface area contributed by atoms with Gasteiger partial charge in [-0.2, -0.15) is 0 Å². The number of hydrogen-bond donors (Lipinski definition) is 2. The molecule has 0 bridgehead atoms. The van der Waals surface area contributed by atoms with Crippen molar-refractivity contribution in [1.82, 2.24) is 4.98 Å². The molecule has 2 aromatic rings. The summed E-state index contributed by atoms with van der Waals surface area (Å²) in [5, 5.41) is 13.1. The van der Waals surface area contributed by atoms with Gasteiger partial charge in [0.1, 0.15) is 5.75 Å². The van der Waals surface area contributed by atoms with E-state index in [-0.39, 0.29) is 11.8 Å². The highest BCUT2D eigenvalue weighted by Gasteiger charge is 2.11. The third-order valence-corrected chi connectivity index (χ3v) is 2.74. The maximum Gasteiger partial charge on any atom is 0.138 e. The zero-order valence-electron chi connectivity index (χ0n) is 10.1. The van der Waals surface area contributed by atoms with Crippen molar-refractivity contribution in [2.75, 3.05) is 5.32 Å². The van der Waals surface area contributed by atoms with Gasteiger partial charge in [0.05, 0.1) is 11.7 Å². The lowest BCUT2D eigenvalue weighted by Gasteiger charge is -2.19. The summed E-state index contributed by atoms with van der Waals surface area (Å²) in [5.41, 5.74) is 1.84. The van der Waals surface area contributed by atoms with Gasteiger partial charge in [-0.1, -0.05) is 18.2 Å². The molecular formula is C15H16N2O. The van der Waals surface area contributed by atoms with E-state index in [2.05, 4.69) is 16.9 Å². The molecule has 1 aromatic carbocycles. The van der Waals surface area contributed by atoms with Crippen LogP contribution in [0.15, 0.2) is 61.4 Å². The van der Waals surface area contributed by atoms with Crippen molar-refractivity contribution >= 4 is 5.69 Å². The molecule has 1 unspecified atom stereocenters. The molecule has 1 atom stereocenters. The minimum atomic E-state index is 0.0822. The highest BCUT2D eigenvalue weighted by Crippen LogP contribution is 2.28. The smallest absolute Gasteiger partial charge is 0.138 e. The topological polar surface area (TPSA) is 45.1 Å². The van der Waals surface area contributed by atoms with Crippen molar-refractivity contribution < 1.29 is 5.11 Å². The molecule has 0 aliphatic heterocycles. The molecule has 92 valence electrons. The summed E-state index contributed by atoms with van der Waals surface area (Å²) >= 11 is 0. The molecule has 3 heteroatoms. The highest BCUT2D eigenvalue weighted by atomic mass is 16.3. The molecule has 2 N–H and O–H groups in total. The standard InChI is InChI=1S/C15H16N2O/c1-2-5-13(12-8-10-16-11-9-12)17-14-6-3-4-7-15(14)18/h2-4,6-11,13,17-18H,1,5H2. The van der Waals surface area contributed by atoms with E-state index in [9.17, 15) is 5.11 Å². The summed E-state index contributed by atoms with van der Waals surface area (Å²) in [7, 11) is 0. The number of nitrogens with zero attached hydrogens (tertiary/aromatic N) is 1. The van der Waals surface area contributed by atoms with Gasteiger partial charge in [-0.25, -0.2) is 0 Å². The Balaban J connectivity index is 2.22. The van der Waals surface area contributed by atoms with Crippen molar-refractivity contribution in [3.63, 3.8) is 0 Å².